The summed E-state index contributed by atoms with van der Waals surface area (Å²) in [5.41, 5.74) is 3.23. The summed E-state index contributed by atoms with van der Waals surface area (Å²) in [5.74, 6) is 0. The molecule has 2 aromatic heterocycles. The second-order valence-electron chi connectivity index (χ2n) is 5.00. The second-order valence-corrected chi connectivity index (χ2v) is 5.39. The van der Waals surface area contributed by atoms with Crippen LogP contribution in [-0.2, 0) is 6.54 Å². The van der Waals surface area contributed by atoms with Gasteiger partial charge in [-0.2, -0.15) is 5.10 Å². The van der Waals surface area contributed by atoms with E-state index in [1.807, 2.05) is 6.07 Å². The van der Waals surface area contributed by atoms with Gasteiger partial charge in [0, 0.05) is 12.1 Å². The second kappa shape index (κ2) is 3.96. The van der Waals surface area contributed by atoms with Crippen LogP contribution in [0.3, 0.4) is 0 Å². The van der Waals surface area contributed by atoms with Crippen LogP contribution >= 0.6 is 11.6 Å². The summed E-state index contributed by atoms with van der Waals surface area (Å²) in [6.07, 6.45) is 5.52. The van der Waals surface area contributed by atoms with Crippen molar-refractivity contribution < 1.29 is 0 Å². The average molecular weight is 251 g/mol. The number of halogens is 1. The number of aromatic nitrogens is 3. The van der Waals surface area contributed by atoms with Crippen molar-refractivity contribution in [3.8, 4) is 0 Å². The van der Waals surface area contributed by atoms with Crippen molar-refractivity contribution in [3.63, 3.8) is 0 Å². The lowest BCUT2D eigenvalue weighted by Crippen LogP contribution is -2.47. The molecular weight excluding hydrogens is 236 g/mol. The highest BCUT2D eigenvalue weighted by molar-refractivity contribution is 6.29. The van der Waals surface area contributed by atoms with E-state index in [-0.39, 0.29) is 0 Å². The molecule has 0 spiro atoms. The van der Waals surface area contributed by atoms with Gasteiger partial charge in [0.25, 0.3) is 0 Å². The van der Waals surface area contributed by atoms with Crippen LogP contribution < -0.4 is 5.32 Å². The molecule has 0 aliphatic heterocycles. The fourth-order valence-electron chi connectivity index (χ4n) is 2.30. The van der Waals surface area contributed by atoms with Gasteiger partial charge in [0.05, 0.1) is 11.7 Å². The lowest BCUT2D eigenvalue weighted by molar-refractivity contribution is 0.207. The number of rotatable bonds is 3. The topological polar surface area (TPSA) is 53.6 Å². The first-order valence-electron chi connectivity index (χ1n) is 5.90. The fourth-order valence-corrected chi connectivity index (χ4v) is 2.52. The molecule has 0 aromatic carbocycles. The third-order valence-electron chi connectivity index (χ3n) is 3.62. The van der Waals surface area contributed by atoms with Gasteiger partial charge < -0.3 is 5.32 Å². The standard InChI is InChI=1S/C12H15ClN4/c1-12(3-2-4-12)14-6-8-5-10(13)16-9-7-15-17-11(8)9/h5,7,14H,2-4,6H2,1H3,(H,15,17). The van der Waals surface area contributed by atoms with Crippen LogP contribution in [0, 0.1) is 0 Å². The molecule has 1 aliphatic rings. The highest BCUT2D eigenvalue weighted by Crippen LogP contribution is 2.31. The van der Waals surface area contributed by atoms with Crippen LogP contribution in [0.5, 0.6) is 0 Å². The number of hydrogen-bond donors (Lipinski definition) is 2. The molecule has 1 fully saturated rings. The number of nitrogens with zero attached hydrogens (tertiary/aromatic N) is 2. The Hall–Kier alpha value is -1.13. The van der Waals surface area contributed by atoms with Gasteiger partial charge in [-0.25, -0.2) is 4.98 Å². The van der Waals surface area contributed by atoms with Gasteiger partial charge in [0.15, 0.2) is 0 Å². The zero-order valence-corrected chi connectivity index (χ0v) is 10.5. The SMILES string of the molecule is CC1(NCc2cc(Cl)nc3cn[nH]c23)CCC1. The van der Waals surface area contributed by atoms with Gasteiger partial charge in [0.2, 0.25) is 0 Å². The van der Waals surface area contributed by atoms with Crippen molar-refractivity contribution in [3.05, 3.63) is 23.0 Å². The van der Waals surface area contributed by atoms with Crippen LogP contribution in [0.25, 0.3) is 11.0 Å². The minimum Gasteiger partial charge on any atom is -0.307 e. The summed E-state index contributed by atoms with van der Waals surface area (Å²) in [4.78, 5) is 4.22. The van der Waals surface area contributed by atoms with E-state index in [0.29, 0.717) is 10.7 Å². The van der Waals surface area contributed by atoms with E-state index in [1.54, 1.807) is 6.20 Å². The van der Waals surface area contributed by atoms with E-state index in [4.69, 9.17) is 11.6 Å². The monoisotopic (exact) mass is 250 g/mol. The summed E-state index contributed by atoms with van der Waals surface area (Å²) >= 11 is 6.00. The summed E-state index contributed by atoms with van der Waals surface area (Å²) in [5, 5.41) is 11.1. The Bertz CT molecular complexity index is 544. The molecule has 1 saturated carbocycles. The Morgan fingerprint density at radius 1 is 1.53 bits per heavy atom. The normalized spacial score (nSPS) is 18.2. The zero-order valence-electron chi connectivity index (χ0n) is 9.76. The first-order chi connectivity index (χ1) is 8.16. The maximum Gasteiger partial charge on any atom is 0.130 e. The van der Waals surface area contributed by atoms with Gasteiger partial charge >= 0.3 is 0 Å². The maximum absolute atomic E-state index is 6.00. The minimum absolute atomic E-state index is 0.294. The van der Waals surface area contributed by atoms with Gasteiger partial charge in [-0.1, -0.05) is 11.6 Å². The van der Waals surface area contributed by atoms with Crippen LogP contribution in [0.1, 0.15) is 31.7 Å². The minimum atomic E-state index is 0.294. The summed E-state index contributed by atoms with van der Waals surface area (Å²) < 4.78 is 0. The van der Waals surface area contributed by atoms with Crippen molar-refractivity contribution in [2.24, 2.45) is 0 Å². The summed E-state index contributed by atoms with van der Waals surface area (Å²) in [7, 11) is 0. The number of hydrogen-bond acceptors (Lipinski definition) is 3. The molecule has 17 heavy (non-hydrogen) atoms. The van der Waals surface area contributed by atoms with Gasteiger partial charge in [-0.3, -0.25) is 5.10 Å². The average Bonchev–Trinajstić information content (AvgIpc) is 2.71. The molecule has 2 heterocycles. The fraction of sp³-hybridized carbons (Fsp3) is 0.500. The molecule has 0 bridgehead atoms. The van der Waals surface area contributed by atoms with Gasteiger partial charge in [0.1, 0.15) is 10.7 Å². The third-order valence-corrected chi connectivity index (χ3v) is 3.82. The summed E-state index contributed by atoms with van der Waals surface area (Å²) in [6.45, 7) is 3.07. The molecule has 5 heteroatoms. The number of pyridine rings is 1. The molecule has 0 saturated heterocycles. The molecule has 2 aromatic rings. The highest BCUT2D eigenvalue weighted by atomic mass is 35.5. The Morgan fingerprint density at radius 3 is 3.06 bits per heavy atom. The molecule has 1 aliphatic carbocycles. The summed E-state index contributed by atoms with van der Waals surface area (Å²) in [6, 6.07) is 1.90. The van der Waals surface area contributed by atoms with Crippen LogP contribution in [0.15, 0.2) is 12.3 Å². The molecular formula is C12H15ClN4. The Morgan fingerprint density at radius 2 is 2.35 bits per heavy atom. The third kappa shape index (κ3) is 2.03. The Balaban J connectivity index is 1.86. The molecule has 0 amide bonds. The number of H-pyrrole nitrogens is 1. The van der Waals surface area contributed by atoms with Crippen LogP contribution in [0.4, 0.5) is 0 Å². The van der Waals surface area contributed by atoms with Crippen molar-refractivity contribution in [1.82, 2.24) is 20.5 Å². The molecule has 0 atom stereocenters. The number of nitrogens with one attached hydrogen (secondary N) is 2. The van der Waals surface area contributed by atoms with Crippen molar-refractivity contribution in [2.75, 3.05) is 0 Å². The van der Waals surface area contributed by atoms with Gasteiger partial charge in [-0.15, -0.1) is 0 Å². The first kappa shape index (κ1) is 11.0. The predicted molar refractivity (Wildman–Crippen MR) is 68.0 cm³/mol. The number of fused-ring (bicyclic) bond motifs is 1. The molecule has 0 radical (unpaired) electrons. The van der Waals surface area contributed by atoms with E-state index in [2.05, 4.69) is 27.4 Å². The molecule has 90 valence electrons. The molecule has 4 nitrogen and oxygen atoms in total. The predicted octanol–water partition coefficient (Wildman–Crippen LogP) is 2.64. The maximum atomic E-state index is 6.00. The van der Waals surface area contributed by atoms with E-state index >= 15 is 0 Å². The highest BCUT2D eigenvalue weighted by Gasteiger charge is 2.30. The van der Waals surface area contributed by atoms with E-state index < -0.39 is 0 Å². The lowest BCUT2D eigenvalue weighted by atomic mass is 9.78. The zero-order chi connectivity index (χ0) is 11.9. The Kier molecular flexibility index (Phi) is 2.56. The molecule has 3 rings (SSSR count). The first-order valence-corrected chi connectivity index (χ1v) is 6.28. The van der Waals surface area contributed by atoms with E-state index in [1.165, 1.54) is 19.3 Å². The van der Waals surface area contributed by atoms with E-state index in [9.17, 15) is 0 Å². The van der Waals surface area contributed by atoms with Gasteiger partial charge in [-0.05, 0) is 37.8 Å². The van der Waals surface area contributed by atoms with Crippen LogP contribution in [-0.4, -0.2) is 20.7 Å². The van der Waals surface area contributed by atoms with Crippen molar-refractivity contribution >= 4 is 22.6 Å². The molecule has 2 N–H and O–H groups in total. The van der Waals surface area contributed by atoms with Crippen molar-refractivity contribution in [2.45, 2.75) is 38.3 Å². The quantitative estimate of drug-likeness (QED) is 0.824. The smallest absolute Gasteiger partial charge is 0.130 e. The largest absolute Gasteiger partial charge is 0.307 e. The van der Waals surface area contributed by atoms with Crippen molar-refractivity contribution in [1.29, 1.82) is 0 Å². The van der Waals surface area contributed by atoms with E-state index in [0.717, 1.165) is 23.1 Å². The Labute approximate surface area is 105 Å². The molecule has 0 unspecified atom stereocenters. The lowest BCUT2D eigenvalue weighted by Gasteiger charge is -2.39. The van der Waals surface area contributed by atoms with Crippen LogP contribution in [0.2, 0.25) is 5.15 Å². The number of aromatic amines is 1.